The second-order valence-electron chi connectivity index (χ2n) is 5.60. The number of amides is 1. The minimum Gasteiger partial charge on any atom is -0.497 e. The van der Waals surface area contributed by atoms with Gasteiger partial charge in [-0.2, -0.15) is 0 Å². The number of benzene rings is 2. The molecule has 7 nitrogen and oxygen atoms in total. The van der Waals surface area contributed by atoms with Crippen molar-refractivity contribution in [2.24, 2.45) is 0 Å². The summed E-state index contributed by atoms with van der Waals surface area (Å²) in [7, 11) is 3.01. The van der Waals surface area contributed by atoms with Gasteiger partial charge in [-0.05, 0) is 30.3 Å². The maximum absolute atomic E-state index is 13.2. The van der Waals surface area contributed by atoms with Gasteiger partial charge in [0.05, 0.1) is 25.3 Å². The van der Waals surface area contributed by atoms with Crippen molar-refractivity contribution in [3.63, 3.8) is 0 Å². The zero-order chi connectivity index (χ0) is 18.7. The molecule has 0 radical (unpaired) electrons. The van der Waals surface area contributed by atoms with E-state index in [9.17, 15) is 14.0 Å². The molecule has 0 unspecified atom stereocenters. The first kappa shape index (κ1) is 17.5. The summed E-state index contributed by atoms with van der Waals surface area (Å²) in [6.45, 7) is 0.472. The monoisotopic (exact) mass is 359 g/mol. The van der Waals surface area contributed by atoms with Gasteiger partial charge >= 0.3 is 5.69 Å². The van der Waals surface area contributed by atoms with E-state index in [1.54, 1.807) is 18.2 Å². The number of rotatable bonds is 6. The lowest BCUT2D eigenvalue weighted by Crippen LogP contribution is -2.30. The van der Waals surface area contributed by atoms with Crippen LogP contribution in [0.5, 0.6) is 11.5 Å². The molecule has 3 rings (SSSR count). The van der Waals surface area contributed by atoms with Crippen molar-refractivity contribution in [1.29, 1.82) is 0 Å². The highest BCUT2D eigenvalue weighted by molar-refractivity contribution is 5.95. The number of methoxy groups -OCH3 is 2. The molecule has 0 bridgehead atoms. The van der Waals surface area contributed by atoms with E-state index in [2.05, 4.69) is 10.3 Å². The van der Waals surface area contributed by atoms with Crippen molar-refractivity contribution in [2.45, 2.75) is 6.54 Å². The minimum atomic E-state index is -0.425. The van der Waals surface area contributed by atoms with Gasteiger partial charge in [-0.25, -0.2) is 9.18 Å². The second-order valence-corrected chi connectivity index (χ2v) is 5.60. The highest BCUT2D eigenvalue weighted by Gasteiger charge is 2.11. The quantitative estimate of drug-likeness (QED) is 0.704. The van der Waals surface area contributed by atoms with E-state index in [1.165, 1.54) is 37.0 Å². The molecule has 26 heavy (non-hydrogen) atoms. The second kappa shape index (κ2) is 7.30. The van der Waals surface area contributed by atoms with Gasteiger partial charge in [0.2, 0.25) is 0 Å². The van der Waals surface area contributed by atoms with Gasteiger partial charge < -0.3 is 19.8 Å². The summed E-state index contributed by atoms with van der Waals surface area (Å²) < 4.78 is 25.0. The molecule has 0 aliphatic heterocycles. The van der Waals surface area contributed by atoms with E-state index >= 15 is 0 Å². The van der Waals surface area contributed by atoms with Gasteiger partial charge in [0, 0.05) is 24.7 Å². The number of H-pyrrole nitrogens is 1. The molecule has 0 aliphatic rings. The Labute approximate surface area is 148 Å². The van der Waals surface area contributed by atoms with Crippen LogP contribution in [0.1, 0.15) is 10.4 Å². The van der Waals surface area contributed by atoms with Gasteiger partial charge in [-0.3, -0.25) is 9.36 Å². The van der Waals surface area contributed by atoms with Crippen LogP contribution in [0.2, 0.25) is 0 Å². The Kier molecular flexibility index (Phi) is 4.92. The minimum absolute atomic E-state index is 0.225. The Morgan fingerprint density at radius 1 is 1.15 bits per heavy atom. The van der Waals surface area contributed by atoms with E-state index < -0.39 is 5.82 Å². The van der Waals surface area contributed by atoms with Crippen LogP contribution in [0.3, 0.4) is 0 Å². The van der Waals surface area contributed by atoms with Crippen molar-refractivity contribution in [3.05, 3.63) is 58.3 Å². The third-order valence-electron chi connectivity index (χ3n) is 3.97. The first-order valence-electron chi connectivity index (χ1n) is 7.91. The van der Waals surface area contributed by atoms with Gasteiger partial charge in [0.1, 0.15) is 17.3 Å². The topological polar surface area (TPSA) is 85.3 Å². The first-order valence-corrected chi connectivity index (χ1v) is 7.91. The van der Waals surface area contributed by atoms with Crippen LogP contribution in [-0.2, 0) is 6.54 Å². The number of halogens is 1. The Balaban J connectivity index is 1.71. The Morgan fingerprint density at radius 3 is 2.50 bits per heavy atom. The highest BCUT2D eigenvalue weighted by Crippen LogP contribution is 2.22. The van der Waals surface area contributed by atoms with Crippen LogP contribution >= 0.6 is 0 Å². The normalized spacial score (nSPS) is 10.7. The van der Waals surface area contributed by atoms with Crippen LogP contribution in [0.4, 0.5) is 4.39 Å². The molecule has 0 aliphatic carbocycles. The summed E-state index contributed by atoms with van der Waals surface area (Å²) in [5.74, 6) is 0.265. The number of hydrogen-bond donors (Lipinski definition) is 2. The molecule has 0 spiro atoms. The third-order valence-corrected chi connectivity index (χ3v) is 3.97. The lowest BCUT2D eigenvalue weighted by molar-refractivity contribution is 0.0951. The lowest BCUT2D eigenvalue weighted by Gasteiger charge is -2.09. The summed E-state index contributed by atoms with van der Waals surface area (Å²) in [5.41, 5.74) is 1.02. The molecule has 0 fully saturated rings. The number of hydrogen-bond acceptors (Lipinski definition) is 4. The fraction of sp³-hybridized carbons (Fsp3) is 0.222. The summed E-state index contributed by atoms with van der Waals surface area (Å²) in [4.78, 5) is 26.9. The lowest BCUT2D eigenvalue weighted by atomic mass is 10.2. The van der Waals surface area contributed by atoms with Gasteiger partial charge in [0.25, 0.3) is 5.91 Å². The molecule has 0 saturated heterocycles. The summed E-state index contributed by atoms with van der Waals surface area (Å²) >= 11 is 0. The molecule has 2 aromatic carbocycles. The number of aromatic amines is 1. The van der Waals surface area contributed by atoms with Crippen LogP contribution in [0, 0.1) is 5.82 Å². The highest BCUT2D eigenvalue weighted by atomic mass is 19.1. The van der Waals surface area contributed by atoms with Crippen LogP contribution in [0.25, 0.3) is 11.0 Å². The van der Waals surface area contributed by atoms with Crippen LogP contribution in [0.15, 0.2) is 41.2 Å². The molecular formula is C18H18FN3O4. The largest absolute Gasteiger partial charge is 0.497 e. The fourth-order valence-electron chi connectivity index (χ4n) is 2.68. The molecule has 1 aromatic heterocycles. The van der Waals surface area contributed by atoms with Crippen molar-refractivity contribution in [1.82, 2.24) is 14.9 Å². The Bertz CT molecular complexity index is 987. The molecule has 1 heterocycles. The SMILES string of the molecule is COc1cc(OC)cc(C(=O)NCCn2c(=O)[nH]c3cc(F)ccc32)c1. The number of nitrogens with zero attached hydrogens (tertiary/aromatic N) is 1. The molecule has 136 valence electrons. The van der Waals surface area contributed by atoms with E-state index in [0.717, 1.165) is 0 Å². The summed E-state index contributed by atoms with van der Waals surface area (Å²) in [6.07, 6.45) is 0. The molecule has 2 N–H and O–H groups in total. The van der Waals surface area contributed by atoms with Crippen molar-refractivity contribution in [3.8, 4) is 11.5 Å². The molecule has 1 amide bonds. The maximum Gasteiger partial charge on any atom is 0.326 e. The third kappa shape index (κ3) is 3.53. The van der Waals surface area contributed by atoms with Gasteiger partial charge in [0.15, 0.2) is 0 Å². The summed E-state index contributed by atoms with van der Waals surface area (Å²) in [5, 5.41) is 2.75. The zero-order valence-corrected chi connectivity index (χ0v) is 14.3. The van der Waals surface area contributed by atoms with E-state index in [0.29, 0.717) is 28.1 Å². The molecule has 0 saturated carbocycles. The number of aromatic nitrogens is 2. The zero-order valence-electron chi connectivity index (χ0n) is 14.3. The van der Waals surface area contributed by atoms with E-state index in [1.807, 2.05) is 0 Å². The predicted molar refractivity (Wildman–Crippen MR) is 94.4 cm³/mol. The number of imidazole rings is 1. The molecular weight excluding hydrogens is 341 g/mol. The standard InChI is InChI=1S/C18H18FN3O4/c1-25-13-7-11(8-14(10-13)26-2)17(23)20-5-6-22-16-4-3-12(19)9-15(16)21-18(22)24/h3-4,7-10H,5-6H2,1-2H3,(H,20,23)(H,21,24). The Morgan fingerprint density at radius 2 is 1.85 bits per heavy atom. The van der Waals surface area contributed by atoms with Crippen molar-refractivity contribution >= 4 is 16.9 Å². The average molecular weight is 359 g/mol. The average Bonchev–Trinajstić information content (AvgIpc) is 2.95. The van der Waals surface area contributed by atoms with Gasteiger partial charge in [-0.15, -0.1) is 0 Å². The van der Waals surface area contributed by atoms with Gasteiger partial charge in [-0.1, -0.05) is 0 Å². The predicted octanol–water partition coefficient (Wildman–Crippen LogP) is 1.92. The molecule has 8 heteroatoms. The number of carbonyl (C=O) groups is 1. The van der Waals surface area contributed by atoms with Crippen LogP contribution in [-0.4, -0.2) is 36.2 Å². The van der Waals surface area contributed by atoms with E-state index in [4.69, 9.17) is 9.47 Å². The van der Waals surface area contributed by atoms with Crippen molar-refractivity contribution in [2.75, 3.05) is 20.8 Å². The maximum atomic E-state index is 13.2. The van der Waals surface area contributed by atoms with Crippen LogP contribution < -0.4 is 20.5 Å². The Hall–Kier alpha value is -3.29. The number of carbonyl (C=O) groups excluding carboxylic acids is 1. The smallest absolute Gasteiger partial charge is 0.326 e. The first-order chi connectivity index (χ1) is 12.5. The number of ether oxygens (including phenoxy) is 2. The van der Waals surface area contributed by atoms with Crippen molar-refractivity contribution < 1.29 is 18.7 Å². The van der Waals surface area contributed by atoms with E-state index in [-0.39, 0.29) is 24.7 Å². The summed E-state index contributed by atoms with van der Waals surface area (Å²) in [6, 6.07) is 8.93. The fourth-order valence-corrected chi connectivity index (χ4v) is 2.68. The number of nitrogens with one attached hydrogen (secondary N) is 2. The molecule has 0 atom stereocenters. The number of fused-ring (bicyclic) bond motifs is 1. The molecule has 3 aromatic rings.